The molecule has 0 radical (unpaired) electrons. The van der Waals surface area contributed by atoms with Gasteiger partial charge < -0.3 is 4.90 Å². The van der Waals surface area contributed by atoms with Crippen molar-refractivity contribution in [2.24, 2.45) is 0 Å². The Bertz CT molecular complexity index is 678. The molecule has 0 fully saturated rings. The number of anilines is 1. The molecule has 1 atom stereocenters. The standard InChI is InChI=1S/C22H25N/c1-2-3-4-5-9-16-22-21-15-11-10-12-19(21)17-18-23(22)20-13-7-6-8-14-20/h6-8,10-15,22H,2-5,17-18H2,1H3. The topological polar surface area (TPSA) is 3.24 Å². The van der Waals surface area contributed by atoms with Gasteiger partial charge in [-0.1, -0.05) is 68.2 Å². The normalized spacial score (nSPS) is 16.4. The molecule has 0 N–H and O–H groups in total. The van der Waals surface area contributed by atoms with E-state index in [1.165, 1.54) is 36.1 Å². The summed E-state index contributed by atoms with van der Waals surface area (Å²) in [6.07, 6.45) is 5.85. The minimum Gasteiger partial charge on any atom is -0.353 e. The molecule has 1 aliphatic rings. The first kappa shape index (κ1) is 15.7. The van der Waals surface area contributed by atoms with E-state index in [0.29, 0.717) is 0 Å². The van der Waals surface area contributed by atoms with Gasteiger partial charge in [-0.25, -0.2) is 0 Å². The molecule has 0 amide bonds. The van der Waals surface area contributed by atoms with Crippen LogP contribution >= 0.6 is 0 Å². The fourth-order valence-electron chi connectivity index (χ4n) is 3.25. The molecule has 3 rings (SSSR count). The molecule has 0 aromatic heterocycles. The van der Waals surface area contributed by atoms with Crippen LogP contribution in [0, 0.1) is 11.8 Å². The largest absolute Gasteiger partial charge is 0.353 e. The molecule has 1 heteroatoms. The smallest absolute Gasteiger partial charge is 0.116 e. The molecule has 118 valence electrons. The van der Waals surface area contributed by atoms with E-state index in [2.05, 4.69) is 78.3 Å². The molecule has 0 aliphatic carbocycles. The van der Waals surface area contributed by atoms with Gasteiger partial charge >= 0.3 is 0 Å². The molecular weight excluding hydrogens is 278 g/mol. The summed E-state index contributed by atoms with van der Waals surface area (Å²) in [5.41, 5.74) is 4.10. The van der Waals surface area contributed by atoms with Gasteiger partial charge in [-0.2, -0.15) is 0 Å². The van der Waals surface area contributed by atoms with Crippen LogP contribution in [0.5, 0.6) is 0 Å². The lowest BCUT2D eigenvalue weighted by Gasteiger charge is -2.36. The van der Waals surface area contributed by atoms with Gasteiger partial charge in [-0.3, -0.25) is 0 Å². The van der Waals surface area contributed by atoms with Gasteiger partial charge in [0.2, 0.25) is 0 Å². The van der Waals surface area contributed by atoms with Gasteiger partial charge in [0.05, 0.1) is 0 Å². The Labute approximate surface area is 140 Å². The molecule has 2 aromatic carbocycles. The summed E-state index contributed by atoms with van der Waals surface area (Å²) in [7, 11) is 0. The van der Waals surface area contributed by atoms with Crippen LogP contribution in [0.3, 0.4) is 0 Å². The van der Waals surface area contributed by atoms with Gasteiger partial charge in [0.25, 0.3) is 0 Å². The molecule has 2 aromatic rings. The number of benzene rings is 2. The molecule has 1 aliphatic heterocycles. The van der Waals surface area contributed by atoms with E-state index in [0.717, 1.165) is 19.4 Å². The van der Waals surface area contributed by atoms with Crippen molar-refractivity contribution >= 4 is 5.69 Å². The third-order valence-electron chi connectivity index (χ3n) is 4.52. The Morgan fingerprint density at radius 3 is 2.61 bits per heavy atom. The highest BCUT2D eigenvalue weighted by molar-refractivity contribution is 5.55. The Kier molecular flexibility index (Phi) is 5.37. The summed E-state index contributed by atoms with van der Waals surface area (Å²) in [6.45, 7) is 3.28. The van der Waals surface area contributed by atoms with E-state index < -0.39 is 0 Å². The molecular formula is C22H25N. The fourth-order valence-corrected chi connectivity index (χ4v) is 3.25. The number of hydrogen-bond acceptors (Lipinski definition) is 1. The molecule has 1 nitrogen and oxygen atoms in total. The van der Waals surface area contributed by atoms with E-state index in [1.54, 1.807) is 0 Å². The highest BCUT2D eigenvalue weighted by atomic mass is 15.2. The third kappa shape index (κ3) is 3.77. The second kappa shape index (κ2) is 7.88. The van der Waals surface area contributed by atoms with Crippen LogP contribution in [0.2, 0.25) is 0 Å². The van der Waals surface area contributed by atoms with Crippen LogP contribution in [0.1, 0.15) is 49.8 Å². The van der Waals surface area contributed by atoms with Crippen molar-refractivity contribution in [3.8, 4) is 11.8 Å². The Hall–Kier alpha value is -2.20. The molecule has 23 heavy (non-hydrogen) atoms. The summed E-state index contributed by atoms with van der Waals surface area (Å²) >= 11 is 0. The van der Waals surface area contributed by atoms with E-state index >= 15 is 0 Å². The van der Waals surface area contributed by atoms with Gasteiger partial charge in [0, 0.05) is 18.7 Å². The zero-order valence-electron chi connectivity index (χ0n) is 14.0. The van der Waals surface area contributed by atoms with Crippen molar-refractivity contribution in [3.63, 3.8) is 0 Å². The lowest BCUT2D eigenvalue weighted by atomic mass is 9.92. The average Bonchev–Trinajstić information content (AvgIpc) is 2.62. The Balaban J connectivity index is 1.87. The van der Waals surface area contributed by atoms with Gasteiger partial charge in [0.15, 0.2) is 0 Å². The third-order valence-corrected chi connectivity index (χ3v) is 4.52. The van der Waals surface area contributed by atoms with Crippen LogP contribution in [0.4, 0.5) is 5.69 Å². The van der Waals surface area contributed by atoms with Crippen LogP contribution in [-0.4, -0.2) is 6.54 Å². The molecule has 1 unspecified atom stereocenters. The van der Waals surface area contributed by atoms with Crippen LogP contribution < -0.4 is 4.90 Å². The zero-order chi connectivity index (χ0) is 15.9. The van der Waals surface area contributed by atoms with Gasteiger partial charge in [-0.15, -0.1) is 5.92 Å². The second-order valence-corrected chi connectivity index (χ2v) is 6.16. The second-order valence-electron chi connectivity index (χ2n) is 6.16. The molecule has 0 bridgehead atoms. The lowest BCUT2D eigenvalue weighted by molar-refractivity contribution is 0.680. The summed E-state index contributed by atoms with van der Waals surface area (Å²) in [4.78, 5) is 2.45. The van der Waals surface area contributed by atoms with Crippen molar-refractivity contribution in [2.45, 2.75) is 45.1 Å². The van der Waals surface area contributed by atoms with Crippen molar-refractivity contribution < 1.29 is 0 Å². The van der Waals surface area contributed by atoms with Crippen LogP contribution in [0.15, 0.2) is 54.6 Å². The summed E-state index contributed by atoms with van der Waals surface area (Å²) in [5, 5.41) is 0. The van der Waals surface area contributed by atoms with E-state index in [4.69, 9.17) is 0 Å². The van der Waals surface area contributed by atoms with Crippen molar-refractivity contribution in [1.82, 2.24) is 0 Å². The average molecular weight is 303 g/mol. The van der Waals surface area contributed by atoms with Crippen LogP contribution in [-0.2, 0) is 6.42 Å². The number of nitrogens with zero attached hydrogens (tertiary/aromatic N) is 1. The maximum absolute atomic E-state index is 3.56. The minimum absolute atomic E-state index is 0.184. The van der Waals surface area contributed by atoms with Crippen molar-refractivity contribution in [3.05, 3.63) is 65.7 Å². The van der Waals surface area contributed by atoms with Crippen molar-refractivity contribution in [2.75, 3.05) is 11.4 Å². The number of rotatable bonds is 4. The summed E-state index contributed by atoms with van der Waals surface area (Å²) < 4.78 is 0. The summed E-state index contributed by atoms with van der Waals surface area (Å²) in [5.74, 6) is 7.00. The summed E-state index contributed by atoms with van der Waals surface area (Å²) in [6, 6.07) is 19.7. The molecule has 0 saturated heterocycles. The Morgan fingerprint density at radius 1 is 1.00 bits per heavy atom. The number of para-hydroxylation sites is 1. The highest BCUT2D eigenvalue weighted by Gasteiger charge is 2.25. The van der Waals surface area contributed by atoms with Crippen molar-refractivity contribution in [1.29, 1.82) is 0 Å². The first-order chi connectivity index (χ1) is 11.4. The minimum atomic E-state index is 0.184. The predicted octanol–water partition coefficient (Wildman–Crippen LogP) is 5.37. The Morgan fingerprint density at radius 2 is 1.78 bits per heavy atom. The SMILES string of the molecule is CCCCCC#CC1c2ccccc2CCN1c1ccccc1. The van der Waals surface area contributed by atoms with Gasteiger partial charge in [-0.05, 0) is 36.1 Å². The maximum atomic E-state index is 3.56. The lowest BCUT2D eigenvalue weighted by Crippen LogP contribution is -2.34. The first-order valence-corrected chi connectivity index (χ1v) is 8.78. The van der Waals surface area contributed by atoms with E-state index in [9.17, 15) is 0 Å². The van der Waals surface area contributed by atoms with E-state index in [-0.39, 0.29) is 6.04 Å². The quantitative estimate of drug-likeness (QED) is 0.542. The number of hydrogen-bond donors (Lipinski definition) is 0. The molecule has 0 spiro atoms. The monoisotopic (exact) mass is 303 g/mol. The molecule has 1 heterocycles. The number of fused-ring (bicyclic) bond motifs is 1. The molecule has 0 saturated carbocycles. The fraction of sp³-hybridized carbons (Fsp3) is 0.364. The highest BCUT2D eigenvalue weighted by Crippen LogP contribution is 2.33. The zero-order valence-corrected chi connectivity index (χ0v) is 14.0. The van der Waals surface area contributed by atoms with E-state index in [1.807, 2.05) is 0 Å². The maximum Gasteiger partial charge on any atom is 0.116 e. The van der Waals surface area contributed by atoms with Gasteiger partial charge in [0.1, 0.15) is 6.04 Å². The number of unbranched alkanes of at least 4 members (excludes halogenated alkanes) is 3. The van der Waals surface area contributed by atoms with Crippen LogP contribution in [0.25, 0.3) is 0 Å². The first-order valence-electron chi connectivity index (χ1n) is 8.78. The predicted molar refractivity (Wildman–Crippen MR) is 98.6 cm³/mol.